The zero-order valence-electron chi connectivity index (χ0n) is 14.6. The van der Waals surface area contributed by atoms with E-state index in [0.29, 0.717) is 22.9 Å². The molecule has 0 aliphatic carbocycles. The zero-order chi connectivity index (χ0) is 20.5. The molecule has 2 aromatic carbocycles. The molecule has 0 unspecified atom stereocenters. The van der Waals surface area contributed by atoms with Gasteiger partial charge in [-0.1, -0.05) is 6.07 Å². The Morgan fingerprint density at radius 3 is 2.32 bits per heavy atom. The molecule has 1 aliphatic heterocycles. The lowest BCUT2D eigenvalue weighted by atomic mass is 10.1. The van der Waals surface area contributed by atoms with Gasteiger partial charge in [0.05, 0.1) is 11.0 Å². The largest absolute Gasteiger partial charge is 0.393 e. The Labute approximate surface area is 169 Å². The number of halogens is 4. The number of hydrogen-bond donors (Lipinski definition) is 2. The van der Waals surface area contributed by atoms with Crippen molar-refractivity contribution in [1.82, 2.24) is 4.31 Å². The van der Waals surface area contributed by atoms with Crippen molar-refractivity contribution < 1.29 is 26.7 Å². The average molecular weight is 479 g/mol. The van der Waals surface area contributed by atoms with Crippen molar-refractivity contribution in [3.05, 3.63) is 57.8 Å². The monoisotopic (exact) mass is 478 g/mol. The van der Waals surface area contributed by atoms with Gasteiger partial charge < -0.3 is 10.4 Å². The summed E-state index contributed by atoms with van der Waals surface area (Å²) in [5, 5.41) is 12.3. The zero-order valence-corrected chi connectivity index (χ0v) is 17.0. The lowest BCUT2D eigenvalue weighted by Crippen LogP contribution is -2.40. The van der Waals surface area contributed by atoms with Crippen LogP contribution in [0.25, 0.3) is 0 Å². The van der Waals surface area contributed by atoms with Crippen LogP contribution < -0.4 is 5.32 Å². The van der Waals surface area contributed by atoms with Gasteiger partial charge in [0.15, 0.2) is 17.5 Å². The number of aliphatic hydroxyl groups excluding tert-OH is 1. The lowest BCUT2D eigenvalue weighted by molar-refractivity contribution is 0.113. The van der Waals surface area contributed by atoms with Gasteiger partial charge in [-0.2, -0.15) is 4.31 Å². The first-order valence-electron chi connectivity index (χ1n) is 8.53. The van der Waals surface area contributed by atoms with Crippen LogP contribution in [0.4, 0.5) is 18.9 Å². The van der Waals surface area contributed by atoms with Gasteiger partial charge in [0.1, 0.15) is 0 Å². The first-order valence-corrected chi connectivity index (χ1v) is 10.8. The molecule has 1 fully saturated rings. The maximum absolute atomic E-state index is 13.3. The van der Waals surface area contributed by atoms with Crippen molar-refractivity contribution in [3.63, 3.8) is 0 Å². The van der Waals surface area contributed by atoms with Gasteiger partial charge in [-0.05, 0) is 46.5 Å². The molecule has 0 amide bonds. The predicted octanol–water partition coefficient (Wildman–Crippen LogP) is 3.62. The third-order valence-electron chi connectivity index (χ3n) is 4.52. The normalized spacial score (nSPS) is 16.3. The maximum Gasteiger partial charge on any atom is 0.244 e. The van der Waals surface area contributed by atoms with Crippen LogP contribution in [0.3, 0.4) is 0 Å². The van der Waals surface area contributed by atoms with E-state index < -0.39 is 33.6 Å². The highest BCUT2D eigenvalue weighted by atomic mass is 79.9. The minimum Gasteiger partial charge on any atom is -0.393 e. The SMILES string of the molecule is O=S(=O)(c1cc(CNc2cc(F)c(F)c(F)c2)ccc1Br)N1CCC(O)CC1. The number of aliphatic hydroxyl groups is 1. The van der Waals surface area contributed by atoms with Crippen LogP contribution >= 0.6 is 15.9 Å². The van der Waals surface area contributed by atoms with E-state index in [4.69, 9.17) is 0 Å². The molecule has 0 saturated carbocycles. The minimum absolute atomic E-state index is 0.0359. The molecule has 3 rings (SSSR count). The van der Waals surface area contributed by atoms with Crippen molar-refractivity contribution in [2.24, 2.45) is 0 Å². The Kier molecular flexibility index (Phi) is 6.33. The molecule has 0 bridgehead atoms. The van der Waals surface area contributed by atoms with Gasteiger partial charge in [0, 0.05) is 41.9 Å². The van der Waals surface area contributed by atoms with Crippen molar-refractivity contribution in [2.75, 3.05) is 18.4 Å². The summed E-state index contributed by atoms with van der Waals surface area (Å²) in [6, 6.07) is 6.36. The molecule has 0 radical (unpaired) electrons. The summed E-state index contributed by atoms with van der Waals surface area (Å²) in [6.07, 6.45) is 0.251. The molecule has 1 aliphatic rings. The fraction of sp³-hybridized carbons (Fsp3) is 0.333. The van der Waals surface area contributed by atoms with Gasteiger partial charge in [-0.15, -0.1) is 0 Å². The Hall–Kier alpha value is -1.62. The van der Waals surface area contributed by atoms with E-state index in [0.717, 1.165) is 12.1 Å². The molecule has 28 heavy (non-hydrogen) atoms. The summed E-state index contributed by atoms with van der Waals surface area (Å²) in [7, 11) is -3.76. The number of nitrogens with one attached hydrogen (secondary N) is 1. The molecule has 10 heteroatoms. The van der Waals surface area contributed by atoms with Crippen LogP contribution in [-0.2, 0) is 16.6 Å². The minimum atomic E-state index is -3.76. The van der Waals surface area contributed by atoms with E-state index in [1.165, 1.54) is 10.4 Å². The van der Waals surface area contributed by atoms with Crippen LogP contribution in [0.15, 0.2) is 39.7 Å². The summed E-state index contributed by atoms with van der Waals surface area (Å²) in [5.41, 5.74) is 0.595. The molecule has 0 spiro atoms. The third kappa shape index (κ3) is 4.51. The topological polar surface area (TPSA) is 69.6 Å². The van der Waals surface area contributed by atoms with E-state index in [2.05, 4.69) is 21.2 Å². The summed E-state index contributed by atoms with van der Waals surface area (Å²) in [4.78, 5) is 0.0691. The standard InChI is InChI=1S/C18H18BrF3N2O3S/c19-14-2-1-11(10-23-12-8-15(20)18(22)16(21)9-12)7-17(14)28(26,27)24-5-3-13(25)4-6-24/h1-2,7-9,13,23,25H,3-6,10H2. The first-order chi connectivity index (χ1) is 13.2. The molecule has 2 N–H and O–H groups in total. The van der Waals surface area contributed by atoms with Gasteiger partial charge in [0.25, 0.3) is 0 Å². The number of anilines is 1. The average Bonchev–Trinajstić information content (AvgIpc) is 2.65. The van der Waals surface area contributed by atoms with Gasteiger partial charge in [-0.3, -0.25) is 0 Å². The van der Waals surface area contributed by atoms with E-state index in [1.54, 1.807) is 12.1 Å². The Balaban J connectivity index is 1.80. The summed E-state index contributed by atoms with van der Waals surface area (Å²) in [5.74, 6) is -4.17. The molecule has 0 aromatic heterocycles. The van der Waals surface area contributed by atoms with Crippen LogP contribution in [0.1, 0.15) is 18.4 Å². The van der Waals surface area contributed by atoms with Gasteiger partial charge in [-0.25, -0.2) is 21.6 Å². The fourth-order valence-corrected chi connectivity index (χ4v) is 5.38. The van der Waals surface area contributed by atoms with Crippen molar-refractivity contribution in [3.8, 4) is 0 Å². The van der Waals surface area contributed by atoms with Crippen LogP contribution in [-0.4, -0.2) is 37.0 Å². The third-order valence-corrected chi connectivity index (χ3v) is 7.41. The first kappa shape index (κ1) is 21.1. The molecule has 1 saturated heterocycles. The molecule has 2 aromatic rings. The summed E-state index contributed by atoms with van der Waals surface area (Å²) < 4.78 is 67.2. The van der Waals surface area contributed by atoms with Crippen molar-refractivity contribution in [1.29, 1.82) is 0 Å². The van der Waals surface area contributed by atoms with E-state index in [1.807, 2.05) is 0 Å². The Morgan fingerprint density at radius 2 is 1.71 bits per heavy atom. The Bertz CT molecular complexity index is 957. The number of hydrogen-bond acceptors (Lipinski definition) is 4. The number of rotatable bonds is 5. The second kappa shape index (κ2) is 8.40. The smallest absolute Gasteiger partial charge is 0.244 e. The van der Waals surface area contributed by atoms with Gasteiger partial charge in [0.2, 0.25) is 10.0 Å². The highest BCUT2D eigenvalue weighted by Crippen LogP contribution is 2.28. The molecular weight excluding hydrogens is 461 g/mol. The van der Waals surface area contributed by atoms with Crippen molar-refractivity contribution >= 4 is 31.6 Å². The predicted molar refractivity (Wildman–Crippen MR) is 102 cm³/mol. The molecule has 5 nitrogen and oxygen atoms in total. The second-order valence-electron chi connectivity index (χ2n) is 6.51. The lowest BCUT2D eigenvalue weighted by Gasteiger charge is -2.29. The number of piperidine rings is 1. The highest BCUT2D eigenvalue weighted by Gasteiger charge is 2.30. The molecule has 0 atom stereocenters. The number of sulfonamides is 1. The van der Waals surface area contributed by atoms with Crippen LogP contribution in [0, 0.1) is 17.5 Å². The van der Waals surface area contributed by atoms with E-state index in [9.17, 15) is 26.7 Å². The molecule has 152 valence electrons. The van der Waals surface area contributed by atoms with E-state index in [-0.39, 0.29) is 30.2 Å². The van der Waals surface area contributed by atoms with E-state index >= 15 is 0 Å². The van der Waals surface area contributed by atoms with Crippen molar-refractivity contribution in [2.45, 2.75) is 30.4 Å². The number of nitrogens with zero attached hydrogens (tertiary/aromatic N) is 1. The molecular formula is C18H18BrF3N2O3S. The maximum atomic E-state index is 13.3. The van der Waals surface area contributed by atoms with Gasteiger partial charge >= 0.3 is 0 Å². The summed E-state index contributed by atoms with van der Waals surface area (Å²) >= 11 is 3.25. The number of benzene rings is 2. The Morgan fingerprint density at radius 1 is 1.11 bits per heavy atom. The molecule has 1 heterocycles. The second-order valence-corrected chi connectivity index (χ2v) is 9.27. The quantitative estimate of drug-likeness (QED) is 0.643. The fourth-order valence-electron chi connectivity index (χ4n) is 2.94. The van der Waals surface area contributed by atoms with Crippen LogP contribution in [0.2, 0.25) is 0 Å². The summed E-state index contributed by atoms with van der Waals surface area (Å²) in [6.45, 7) is 0.540. The van der Waals surface area contributed by atoms with Crippen LogP contribution in [0.5, 0.6) is 0 Å². The highest BCUT2D eigenvalue weighted by molar-refractivity contribution is 9.10.